The maximum atomic E-state index is 13.0. The van der Waals surface area contributed by atoms with Gasteiger partial charge in [-0.15, -0.1) is 21.5 Å². The molecule has 7 heteroatoms. The fourth-order valence-electron chi connectivity index (χ4n) is 6.73. The molecule has 5 rings (SSSR count). The molecular weight excluding hydrogens is 442 g/mol. The van der Waals surface area contributed by atoms with Crippen molar-refractivity contribution < 1.29 is 4.79 Å². The largest absolute Gasteiger partial charge is 0.348 e. The number of carbonyl (C=O) groups is 1. The first-order valence-electron chi connectivity index (χ1n) is 13.4. The van der Waals surface area contributed by atoms with Gasteiger partial charge in [-0.1, -0.05) is 26.7 Å². The number of nitrogens with zero attached hydrogens (tertiary/aromatic N) is 4. The van der Waals surface area contributed by atoms with Crippen LogP contribution in [0, 0.1) is 19.8 Å². The van der Waals surface area contributed by atoms with Crippen molar-refractivity contribution in [2.75, 3.05) is 6.54 Å². The van der Waals surface area contributed by atoms with Gasteiger partial charge in [0.1, 0.15) is 11.6 Å². The number of rotatable bonds is 8. The number of aromatic nitrogens is 3. The lowest BCUT2D eigenvalue weighted by Gasteiger charge is -2.40. The zero-order valence-corrected chi connectivity index (χ0v) is 22.1. The standard InChI is InChI=1S/C27H41N5OS/c1-17(2)26-30-29-19(4)32(26)23-15-21-10-11-22(16-23)31(21)14-13-24(25-12-9-18(3)34-25)28-27(33)20-7-5-6-8-20/h9,12,17,20-24H,5-8,10-11,13-16H2,1-4H3,(H,28,33). The van der Waals surface area contributed by atoms with Crippen LogP contribution in [0.5, 0.6) is 0 Å². The zero-order chi connectivity index (χ0) is 23.8. The highest BCUT2D eigenvalue weighted by molar-refractivity contribution is 7.12. The Morgan fingerprint density at radius 1 is 1.06 bits per heavy atom. The molecule has 2 bridgehead atoms. The maximum absolute atomic E-state index is 13.0. The summed E-state index contributed by atoms with van der Waals surface area (Å²) >= 11 is 1.84. The van der Waals surface area contributed by atoms with E-state index >= 15 is 0 Å². The SMILES string of the molecule is Cc1ccc(C(CCN2C3CCC2CC(n2c(C)nnc2C(C)C)C3)NC(=O)C2CCCC2)s1. The molecule has 3 aliphatic rings. The Balaban J connectivity index is 1.26. The van der Waals surface area contributed by atoms with Gasteiger partial charge in [-0.3, -0.25) is 9.69 Å². The molecule has 0 radical (unpaired) electrons. The highest BCUT2D eigenvalue weighted by Crippen LogP contribution is 2.42. The lowest BCUT2D eigenvalue weighted by atomic mass is 9.95. The lowest BCUT2D eigenvalue weighted by molar-refractivity contribution is -0.125. The second kappa shape index (κ2) is 10.1. The first kappa shape index (κ1) is 24.0. The third-order valence-corrected chi connectivity index (χ3v) is 9.57. The molecule has 3 unspecified atom stereocenters. The molecule has 0 aromatic carbocycles. The first-order valence-corrected chi connectivity index (χ1v) is 14.3. The number of carbonyl (C=O) groups excluding carboxylic acids is 1. The number of aryl methyl sites for hydroxylation is 2. The Kier molecular flexibility index (Phi) is 7.12. The number of hydrogen-bond donors (Lipinski definition) is 1. The molecule has 2 aliphatic heterocycles. The van der Waals surface area contributed by atoms with Crippen molar-refractivity contribution in [3.8, 4) is 0 Å². The van der Waals surface area contributed by atoms with Crippen molar-refractivity contribution in [3.63, 3.8) is 0 Å². The van der Waals surface area contributed by atoms with Gasteiger partial charge in [-0.2, -0.15) is 0 Å². The normalized spacial score (nSPS) is 26.4. The van der Waals surface area contributed by atoms with Crippen LogP contribution >= 0.6 is 11.3 Å². The fourth-order valence-corrected chi connectivity index (χ4v) is 7.70. The summed E-state index contributed by atoms with van der Waals surface area (Å²) in [7, 11) is 0. The highest BCUT2D eigenvalue weighted by atomic mass is 32.1. The van der Waals surface area contributed by atoms with E-state index in [1.807, 2.05) is 11.3 Å². The average molecular weight is 484 g/mol. The predicted octanol–water partition coefficient (Wildman–Crippen LogP) is 5.69. The molecule has 1 aliphatic carbocycles. The van der Waals surface area contributed by atoms with Crippen molar-refractivity contribution in [1.82, 2.24) is 25.0 Å². The number of fused-ring (bicyclic) bond motifs is 2. The van der Waals surface area contributed by atoms with Crippen molar-refractivity contribution >= 4 is 17.2 Å². The van der Waals surface area contributed by atoms with Gasteiger partial charge in [0.05, 0.1) is 6.04 Å². The van der Waals surface area contributed by atoms with Crippen LogP contribution in [0.1, 0.15) is 111 Å². The molecule has 1 amide bonds. The summed E-state index contributed by atoms with van der Waals surface area (Å²) < 4.78 is 2.44. The van der Waals surface area contributed by atoms with Gasteiger partial charge in [-0.25, -0.2) is 0 Å². The molecule has 2 saturated heterocycles. The Bertz CT molecular complexity index is 977. The van der Waals surface area contributed by atoms with Gasteiger partial charge < -0.3 is 9.88 Å². The highest BCUT2D eigenvalue weighted by Gasteiger charge is 2.42. The summed E-state index contributed by atoms with van der Waals surface area (Å²) in [4.78, 5) is 18.4. The van der Waals surface area contributed by atoms with Crippen LogP contribution in [0.2, 0.25) is 0 Å². The Morgan fingerprint density at radius 3 is 2.38 bits per heavy atom. The van der Waals surface area contributed by atoms with Crippen LogP contribution in [0.25, 0.3) is 0 Å². The second-order valence-electron chi connectivity index (χ2n) is 11.2. The van der Waals surface area contributed by atoms with Crippen LogP contribution < -0.4 is 5.32 Å². The van der Waals surface area contributed by atoms with Gasteiger partial charge in [0.2, 0.25) is 5.91 Å². The Labute approximate surface area is 208 Å². The van der Waals surface area contributed by atoms with E-state index in [2.05, 4.69) is 64.8 Å². The minimum Gasteiger partial charge on any atom is -0.348 e. The second-order valence-corrected chi connectivity index (χ2v) is 12.5. The van der Waals surface area contributed by atoms with Crippen LogP contribution in [0.15, 0.2) is 12.1 Å². The van der Waals surface area contributed by atoms with Crippen molar-refractivity contribution in [1.29, 1.82) is 0 Å². The number of piperidine rings is 1. The fraction of sp³-hybridized carbons (Fsp3) is 0.741. The Morgan fingerprint density at radius 2 is 1.76 bits per heavy atom. The number of amides is 1. The summed E-state index contributed by atoms with van der Waals surface area (Å²) in [6.45, 7) is 9.76. The quantitative estimate of drug-likeness (QED) is 0.524. The minimum absolute atomic E-state index is 0.136. The van der Waals surface area contributed by atoms with Gasteiger partial charge >= 0.3 is 0 Å². The van der Waals surface area contributed by atoms with Gasteiger partial charge in [0.25, 0.3) is 0 Å². The smallest absolute Gasteiger partial charge is 0.223 e. The van der Waals surface area contributed by atoms with E-state index in [-0.39, 0.29) is 17.9 Å². The lowest BCUT2D eigenvalue weighted by Crippen LogP contribution is -2.45. The van der Waals surface area contributed by atoms with E-state index < -0.39 is 0 Å². The first-order chi connectivity index (χ1) is 16.4. The van der Waals surface area contributed by atoms with E-state index in [1.165, 1.54) is 48.3 Å². The topological polar surface area (TPSA) is 63.1 Å². The van der Waals surface area contributed by atoms with Crippen molar-refractivity contribution in [2.45, 2.75) is 116 Å². The summed E-state index contributed by atoms with van der Waals surface area (Å²) in [5.41, 5.74) is 0. The van der Waals surface area contributed by atoms with Crippen LogP contribution in [0.4, 0.5) is 0 Å². The molecule has 1 N–H and O–H groups in total. The number of hydrogen-bond acceptors (Lipinski definition) is 5. The molecule has 2 aromatic rings. The molecule has 4 heterocycles. The van der Waals surface area contributed by atoms with Crippen molar-refractivity contribution in [2.24, 2.45) is 5.92 Å². The molecule has 3 fully saturated rings. The van der Waals surface area contributed by atoms with E-state index in [9.17, 15) is 4.79 Å². The number of nitrogens with one attached hydrogen (secondary N) is 1. The van der Waals surface area contributed by atoms with Crippen molar-refractivity contribution in [3.05, 3.63) is 33.5 Å². The summed E-state index contributed by atoms with van der Waals surface area (Å²) in [5, 5.41) is 12.4. The molecule has 34 heavy (non-hydrogen) atoms. The molecule has 186 valence electrons. The molecule has 3 atom stereocenters. The van der Waals surface area contributed by atoms with Gasteiger partial charge in [-0.05, 0) is 70.9 Å². The van der Waals surface area contributed by atoms with E-state index in [4.69, 9.17) is 0 Å². The summed E-state index contributed by atoms with van der Waals surface area (Å²) in [5.74, 6) is 3.09. The number of thiophene rings is 1. The van der Waals surface area contributed by atoms with Crippen LogP contribution in [-0.2, 0) is 4.79 Å². The summed E-state index contributed by atoms with van der Waals surface area (Å²) in [6, 6.07) is 6.32. The predicted molar refractivity (Wildman–Crippen MR) is 137 cm³/mol. The van der Waals surface area contributed by atoms with E-state index in [0.29, 0.717) is 24.0 Å². The molecule has 2 aromatic heterocycles. The van der Waals surface area contributed by atoms with Crippen LogP contribution in [0.3, 0.4) is 0 Å². The third kappa shape index (κ3) is 4.83. The van der Waals surface area contributed by atoms with E-state index in [1.54, 1.807) is 0 Å². The summed E-state index contributed by atoms with van der Waals surface area (Å²) in [6.07, 6.45) is 10.5. The zero-order valence-electron chi connectivity index (χ0n) is 21.3. The average Bonchev–Trinajstić information content (AvgIpc) is 3.59. The third-order valence-electron chi connectivity index (χ3n) is 8.46. The maximum Gasteiger partial charge on any atom is 0.223 e. The molecule has 6 nitrogen and oxygen atoms in total. The minimum atomic E-state index is 0.136. The van der Waals surface area contributed by atoms with E-state index in [0.717, 1.165) is 37.5 Å². The molecule has 1 saturated carbocycles. The molecule has 0 spiro atoms. The van der Waals surface area contributed by atoms with Gasteiger partial charge in [0.15, 0.2) is 0 Å². The Hall–Kier alpha value is -1.73. The van der Waals surface area contributed by atoms with Crippen LogP contribution in [-0.4, -0.2) is 44.2 Å². The van der Waals surface area contributed by atoms with Gasteiger partial charge in [0, 0.05) is 46.3 Å². The molecular formula is C27H41N5OS. The monoisotopic (exact) mass is 483 g/mol.